The molecule has 0 bridgehead atoms. The molecular formula is C58H86N3O22S2+. The molecule has 2 aromatic rings. The Morgan fingerprint density at radius 3 is 1.65 bits per heavy atom. The van der Waals surface area contributed by atoms with Gasteiger partial charge < -0.3 is 76.5 Å². The van der Waals surface area contributed by atoms with Crippen molar-refractivity contribution in [1.82, 2.24) is 9.31 Å². The van der Waals surface area contributed by atoms with Gasteiger partial charge in [-0.05, 0) is 80.1 Å². The van der Waals surface area contributed by atoms with E-state index in [0.29, 0.717) is 198 Å². The number of benzene rings is 2. The van der Waals surface area contributed by atoms with Crippen LogP contribution >= 0.6 is 0 Å². The van der Waals surface area contributed by atoms with E-state index in [-0.39, 0.29) is 24.2 Å². The molecule has 0 saturated carbocycles. The molecule has 0 saturated heterocycles. The van der Waals surface area contributed by atoms with Crippen LogP contribution in [-0.2, 0) is 82.6 Å². The highest BCUT2D eigenvalue weighted by Crippen LogP contribution is 2.51. The molecule has 25 nitrogen and oxygen atoms in total. The number of ether oxygens (including phenoxy) is 11. The van der Waals surface area contributed by atoms with E-state index in [2.05, 4.69) is 4.58 Å². The lowest BCUT2D eigenvalue weighted by Crippen LogP contribution is -2.36. The Morgan fingerprint density at radius 1 is 0.624 bits per heavy atom. The fraction of sp³-hybridized carbons (Fsp3) is 0.586. The van der Waals surface area contributed by atoms with Crippen LogP contribution in [0.2, 0.25) is 0 Å². The Bertz CT molecular complexity index is 2890. The minimum absolute atomic E-state index is 0.0184. The summed E-state index contributed by atoms with van der Waals surface area (Å²) in [5.74, 6) is -1.49. The lowest BCUT2D eigenvalue weighted by atomic mass is 9.77. The number of unbranched alkanes of at least 4 members (excludes halogenated alkanes) is 2. The third kappa shape index (κ3) is 25.5. The van der Waals surface area contributed by atoms with Gasteiger partial charge in [0.25, 0.3) is 20.2 Å². The van der Waals surface area contributed by atoms with E-state index in [1.54, 1.807) is 26.5 Å². The summed E-state index contributed by atoms with van der Waals surface area (Å²) >= 11 is 0. The van der Waals surface area contributed by atoms with Crippen LogP contribution in [0.15, 0.2) is 88.0 Å². The molecule has 476 valence electrons. The average Bonchev–Trinajstić information content (AvgIpc) is 1.94. The Kier molecular flexibility index (Phi) is 32.1. The minimum atomic E-state index is -4.64. The highest BCUT2D eigenvalue weighted by atomic mass is 32.2. The van der Waals surface area contributed by atoms with Gasteiger partial charge in [0.1, 0.15) is 19.0 Å². The highest BCUT2D eigenvalue weighted by molar-refractivity contribution is 7.86. The van der Waals surface area contributed by atoms with Gasteiger partial charge in [-0.15, -0.1) is 4.73 Å². The van der Waals surface area contributed by atoms with Gasteiger partial charge in [-0.2, -0.15) is 16.8 Å². The van der Waals surface area contributed by atoms with Crippen LogP contribution in [0.4, 0.5) is 5.69 Å². The quantitative estimate of drug-likeness (QED) is 0.0266. The van der Waals surface area contributed by atoms with Crippen LogP contribution in [-0.4, -0.2) is 219 Å². The smallest absolute Gasteiger partial charge is 0.333 e. The summed E-state index contributed by atoms with van der Waals surface area (Å²) in [4.78, 5) is 19.3. The average molecular weight is 1240 g/mol. The van der Waals surface area contributed by atoms with Crippen LogP contribution in [0, 0.1) is 0 Å². The van der Waals surface area contributed by atoms with E-state index in [1.165, 1.54) is 24.3 Å². The van der Waals surface area contributed by atoms with Gasteiger partial charge in [-0.3, -0.25) is 9.11 Å². The predicted octanol–water partition coefficient (Wildman–Crippen LogP) is 4.62. The number of hydrogen-bond donors (Lipinski definition) is 4. The van der Waals surface area contributed by atoms with Gasteiger partial charge in [-0.25, -0.2) is 9.37 Å². The maximum atomic E-state index is 12.6. The molecule has 0 radical (unpaired) electrons. The molecule has 3 heterocycles. The number of methoxy groups -OCH3 is 2. The molecule has 1 unspecified atom stereocenters. The van der Waals surface area contributed by atoms with E-state index < -0.39 is 49.1 Å². The van der Waals surface area contributed by atoms with Gasteiger partial charge in [0.15, 0.2) is 13.1 Å². The molecule has 2 aliphatic heterocycles. The van der Waals surface area contributed by atoms with Crippen LogP contribution < -0.4 is 19.7 Å². The van der Waals surface area contributed by atoms with Crippen molar-refractivity contribution in [3.63, 3.8) is 0 Å². The zero-order valence-electron chi connectivity index (χ0n) is 49.0. The lowest BCUT2D eigenvalue weighted by molar-refractivity contribution is -0.145. The van der Waals surface area contributed by atoms with Crippen molar-refractivity contribution in [1.29, 1.82) is 0 Å². The Balaban J connectivity index is 1.28. The monoisotopic (exact) mass is 1240 g/mol. The number of hydrogen-bond acceptors (Lipinski definition) is 21. The van der Waals surface area contributed by atoms with Gasteiger partial charge >= 0.3 is 5.97 Å². The number of nitrogens with zero attached hydrogens (tertiary/aromatic N) is 3. The molecule has 1 aliphatic carbocycles. The predicted molar refractivity (Wildman–Crippen MR) is 313 cm³/mol. The maximum Gasteiger partial charge on any atom is 0.333 e. The SMILES string of the molecule is COCCOCCOCCOCCOCCOCC[N+](CCOCCOCCOCCOCCOC)=c1ccc2c(C=CC=C3N(CCCCCC(=O)On4c(O)ccc4O)c4ccc(S(=O)(=O)O)cc4C3(C)CCCS(=O)(=O)O)ccoc-2c1. The van der Waals surface area contributed by atoms with Crippen molar-refractivity contribution in [3.05, 3.63) is 95.2 Å². The third-order valence-corrected chi connectivity index (χ3v) is 15.1. The Morgan fingerprint density at radius 2 is 1.14 bits per heavy atom. The van der Waals surface area contributed by atoms with Crippen LogP contribution in [0.5, 0.6) is 11.8 Å². The van der Waals surface area contributed by atoms with Crippen molar-refractivity contribution < 1.29 is 102 Å². The van der Waals surface area contributed by atoms with Crippen molar-refractivity contribution in [2.75, 3.05) is 177 Å². The van der Waals surface area contributed by atoms with Crippen molar-refractivity contribution in [3.8, 4) is 23.1 Å². The summed E-state index contributed by atoms with van der Waals surface area (Å²) in [6.07, 6.45) is 8.84. The second kappa shape index (κ2) is 38.7. The molecule has 5 rings (SSSR count). The fourth-order valence-electron chi connectivity index (χ4n) is 9.11. The first-order valence-electron chi connectivity index (χ1n) is 28.4. The van der Waals surface area contributed by atoms with E-state index >= 15 is 0 Å². The summed E-state index contributed by atoms with van der Waals surface area (Å²) in [5.41, 5.74) is 2.43. The van der Waals surface area contributed by atoms with Gasteiger partial charge in [0.05, 0.1) is 142 Å². The first kappa shape index (κ1) is 70.4. The zero-order chi connectivity index (χ0) is 61.2. The fourth-order valence-corrected chi connectivity index (χ4v) is 10.1. The van der Waals surface area contributed by atoms with E-state index in [4.69, 9.17) is 61.4 Å². The normalized spacial score (nSPS) is 15.4. The largest absolute Gasteiger partial charge is 0.492 e. The minimum Gasteiger partial charge on any atom is -0.492 e. The number of rotatable bonds is 47. The number of carbonyl (C=O) groups is 1. The molecule has 0 amide bonds. The molecular weight excluding hydrogens is 1150 g/mol. The Labute approximate surface area is 498 Å². The summed E-state index contributed by atoms with van der Waals surface area (Å²) in [7, 11) is -5.74. The number of carbonyl (C=O) groups excluding carboxylic acids is 1. The van der Waals surface area contributed by atoms with Crippen LogP contribution in [0.25, 0.3) is 17.4 Å². The third-order valence-electron chi connectivity index (χ3n) is 13.4. The van der Waals surface area contributed by atoms with Crippen LogP contribution in [0.1, 0.15) is 56.6 Å². The number of allylic oxidation sites excluding steroid dienone is 3. The summed E-state index contributed by atoms with van der Waals surface area (Å²) in [5, 5.41) is 20.6. The molecule has 1 aromatic heterocycles. The second-order valence-electron chi connectivity index (χ2n) is 19.6. The first-order chi connectivity index (χ1) is 41.1. The number of anilines is 1. The van der Waals surface area contributed by atoms with Gasteiger partial charge in [0, 0.05) is 67.7 Å². The summed E-state index contributed by atoms with van der Waals surface area (Å²) in [6, 6.07) is 14.4. The number of aromatic nitrogens is 1. The standard InChI is InChI=1S/C58H85N3O22S2/c1-58(19-8-44-84(65,66)67)51-46-49(85(68,69)70)13-15-52(51)60(20-6-4-5-11-57(64)83-61-55(62)16-17-56(61)63)54(58)10-7-9-47-18-23-82-53-45-48(12-14-50(47)53)59(21-24-73-30-32-77-38-40-79-36-34-75-28-26-71-2)22-25-74-31-33-78-39-41-81-43-42-80-37-35-76-29-27-72-3/h7,9-10,12-18,23,45-46H,4-6,8,11,19-22,24-44H2,1-3H3,(H3-,62,63,65,66,67,68,69,70)/p+1. The second-order valence-corrected chi connectivity index (χ2v) is 22.6. The topological polar surface area (TPSA) is 301 Å². The van der Waals surface area contributed by atoms with E-state index in [9.17, 15) is 40.9 Å². The molecule has 27 heteroatoms. The Hall–Kier alpha value is -5.34. The number of aromatic hydroxyl groups is 2. The van der Waals surface area contributed by atoms with Crippen LogP contribution in [0.3, 0.4) is 0 Å². The molecule has 0 fully saturated rings. The lowest BCUT2D eigenvalue weighted by Gasteiger charge is -2.30. The first-order valence-corrected chi connectivity index (χ1v) is 31.4. The summed E-state index contributed by atoms with van der Waals surface area (Å²) < 4.78 is 138. The van der Waals surface area contributed by atoms with Crippen molar-refractivity contribution >= 4 is 38.0 Å². The molecule has 0 spiro atoms. The van der Waals surface area contributed by atoms with Gasteiger partial charge in [-0.1, -0.05) is 18.6 Å². The maximum absolute atomic E-state index is 12.6. The molecule has 85 heavy (non-hydrogen) atoms. The molecule has 1 atom stereocenters. The van der Waals surface area contributed by atoms with Crippen molar-refractivity contribution in [2.24, 2.45) is 0 Å². The zero-order valence-corrected chi connectivity index (χ0v) is 50.6. The molecule has 1 aromatic carbocycles. The van der Waals surface area contributed by atoms with E-state index in [0.717, 1.165) is 16.5 Å². The summed E-state index contributed by atoms with van der Waals surface area (Å²) in [6.45, 7) is 12.3. The molecule has 3 aliphatic rings. The highest BCUT2D eigenvalue weighted by Gasteiger charge is 2.43. The van der Waals surface area contributed by atoms with Crippen molar-refractivity contribution in [2.45, 2.75) is 55.8 Å². The van der Waals surface area contributed by atoms with Gasteiger partial charge in [0.2, 0.25) is 17.1 Å². The number of fused-ring (bicyclic) bond motifs is 2. The molecule has 4 N–H and O–H groups in total. The van der Waals surface area contributed by atoms with E-state index in [1.807, 2.05) is 54.3 Å².